The maximum Gasteiger partial charge on any atom is 0.0366 e. The molecule has 2 aromatic rings. The van der Waals surface area contributed by atoms with E-state index in [1.807, 2.05) is 11.3 Å². The van der Waals surface area contributed by atoms with Crippen LogP contribution in [0, 0.1) is 6.92 Å². The van der Waals surface area contributed by atoms with Gasteiger partial charge in [0.05, 0.1) is 0 Å². The number of hydrogen-bond donors (Lipinski definition) is 0. The highest BCUT2D eigenvalue weighted by Gasteiger charge is 2.06. The Hall–Kier alpha value is -1.54. The summed E-state index contributed by atoms with van der Waals surface area (Å²) in [6.45, 7) is 9.11. The summed E-state index contributed by atoms with van der Waals surface area (Å²) < 4.78 is 0. The summed E-state index contributed by atoms with van der Waals surface area (Å²) in [4.78, 5) is 5.29. The van der Waals surface area contributed by atoms with Gasteiger partial charge in [-0.3, -0.25) is 0 Å². The lowest BCUT2D eigenvalue weighted by atomic mass is 10.1. The van der Waals surface area contributed by atoms with Gasteiger partial charge in [-0.05, 0) is 55.7 Å². The molecule has 0 spiro atoms. The van der Waals surface area contributed by atoms with Gasteiger partial charge in [-0.2, -0.15) is 0 Å². The average molecular weight is 384 g/mol. The Labute approximate surface area is 171 Å². The van der Waals surface area contributed by atoms with Crippen LogP contribution in [0.4, 0.5) is 5.69 Å². The Morgan fingerprint density at radius 1 is 0.741 bits per heavy atom. The monoisotopic (exact) mass is 383 g/mol. The molecular weight excluding hydrogens is 346 g/mol. The summed E-state index contributed by atoms with van der Waals surface area (Å²) >= 11 is 1.85. The van der Waals surface area contributed by atoms with Crippen molar-refractivity contribution in [1.29, 1.82) is 0 Å². The highest BCUT2D eigenvalue weighted by molar-refractivity contribution is 7.12. The van der Waals surface area contributed by atoms with Gasteiger partial charge in [0.2, 0.25) is 0 Å². The van der Waals surface area contributed by atoms with E-state index < -0.39 is 0 Å². The van der Waals surface area contributed by atoms with E-state index in [2.05, 4.69) is 74.2 Å². The highest BCUT2D eigenvalue weighted by Crippen LogP contribution is 2.21. The first-order valence-corrected chi connectivity index (χ1v) is 11.6. The van der Waals surface area contributed by atoms with E-state index in [1.54, 1.807) is 0 Å². The number of rotatable bonds is 13. The lowest BCUT2D eigenvalue weighted by Gasteiger charge is -2.25. The zero-order valence-corrected chi connectivity index (χ0v) is 18.4. The smallest absolute Gasteiger partial charge is 0.0366 e. The van der Waals surface area contributed by atoms with Crippen LogP contribution in [0.3, 0.4) is 0 Å². The van der Waals surface area contributed by atoms with E-state index in [0.717, 1.165) is 0 Å². The third-order valence-corrected chi connectivity index (χ3v) is 5.99. The van der Waals surface area contributed by atoms with Crippen molar-refractivity contribution < 1.29 is 0 Å². The van der Waals surface area contributed by atoms with Gasteiger partial charge in [-0.25, -0.2) is 0 Å². The minimum absolute atomic E-state index is 1.19. The molecule has 2 heteroatoms. The third-order valence-electron chi connectivity index (χ3n) is 5.02. The Balaban J connectivity index is 1.95. The summed E-state index contributed by atoms with van der Waals surface area (Å²) in [5, 5.41) is 0. The van der Waals surface area contributed by atoms with Gasteiger partial charge in [0, 0.05) is 28.5 Å². The standard InChI is InChI=1S/C25H37NS/c1-4-6-8-10-20-26(21-11-9-7-5-2)24-16-13-23(14-17-24)15-19-25-18-12-22(3)27-25/h12-19H,4-11,20-21H2,1-3H3/b19-15+. The number of benzene rings is 1. The summed E-state index contributed by atoms with van der Waals surface area (Å²) in [5.74, 6) is 0. The predicted molar refractivity (Wildman–Crippen MR) is 125 cm³/mol. The maximum atomic E-state index is 2.60. The Morgan fingerprint density at radius 3 is 1.89 bits per heavy atom. The second-order valence-corrected chi connectivity index (χ2v) is 8.80. The van der Waals surface area contributed by atoms with Gasteiger partial charge >= 0.3 is 0 Å². The lowest BCUT2D eigenvalue weighted by molar-refractivity contribution is 0.609. The molecule has 1 nitrogen and oxygen atoms in total. The molecule has 0 saturated heterocycles. The van der Waals surface area contributed by atoms with Crippen LogP contribution in [0.2, 0.25) is 0 Å². The van der Waals surface area contributed by atoms with E-state index in [9.17, 15) is 0 Å². The van der Waals surface area contributed by atoms with E-state index in [-0.39, 0.29) is 0 Å². The molecule has 0 atom stereocenters. The van der Waals surface area contributed by atoms with E-state index in [0.29, 0.717) is 0 Å². The van der Waals surface area contributed by atoms with Crippen molar-refractivity contribution in [3.05, 3.63) is 51.7 Å². The molecule has 1 aromatic heterocycles. The molecule has 27 heavy (non-hydrogen) atoms. The normalized spacial score (nSPS) is 11.4. The van der Waals surface area contributed by atoms with Crippen molar-refractivity contribution in [2.24, 2.45) is 0 Å². The van der Waals surface area contributed by atoms with Crippen LogP contribution in [0.1, 0.15) is 80.5 Å². The number of thiophene rings is 1. The molecule has 0 aliphatic heterocycles. The summed E-state index contributed by atoms with van der Waals surface area (Å²) in [6, 6.07) is 13.5. The number of hydrogen-bond acceptors (Lipinski definition) is 2. The molecule has 0 aliphatic rings. The molecule has 0 aliphatic carbocycles. The van der Waals surface area contributed by atoms with Crippen LogP contribution in [0.15, 0.2) is 36.4 Å². The molecule has 0 fully saturated rings. The minimum atomic E-state index is 1.19. The topological polar surface area (TPSA) is 3.24 Å². The summed E-state index contributed by atoms with van der Waals surface area (Å²) in [7, 11) is 0. The van der Waals surface area contributed by atoms with Crippen molar-refractivity contribution in [3.63, 3.8) is 0 Å². The van der Waals surface area contributed by atoms with Gasteiger partial charge in [0.15, 0.2) is 0 Å². The second-order valence-electron chi connectivity index (χ2n) is 7.48. The first kappa shape index (κ1) is 21.8. The molecule has 2 rings (SSSR count). The molecular formula is C25H37NS. The average Bonchev–Trinajstić information content (AvgIpc) is 3.11. The Bertz CT molecular complexity index is 641. The van der Waals surface area contributed by atoms with E-state index in [1.165, 1.54) is 85.5 Å². The molecule has 1 aromatic carbocycles. The number of nitrogens with zero attached hydrogens (tertiary/aromatic N) is 1. The fourth-order valence-electron chi connectivity index (χ4n) is 3.35. The molecule has 0 bridgehead atoms. The summed E-state index contributed by atoms with van der Waals surface area (Å²) in [5.41, 5.74) is 2.66. The van der Waals surface area contributed by atoms with Gasteiger partial charge in [-0.1, -0.05) is 70.6 Å². The molecule has 148 valence electrons. The molecule has 0 amide bonds. The number of aryl methyl sites for hydroxylation is 1. The van der Waals surface area contributed by atoms with Crippen molar-refractivity contribution in [3.8, 4) is 0 Å². The first-order valence-electron chi connectivity index (χ1n) is 10.8. The van der Waals surface area contributed by atoms with Crippen molar-refractivity contribution in [1.82, 2.24) is 0 Å². The van der Waals surface area contributed by atoms with E-state index >= 15 is 0 Å². The second kappa shape index (κ2) is 12.8. The molecule has 0 unspecified atom stereocenters. The Morgan fingerprint density at radius 2 is 1.37 bits per heavy atom. The maximum absolute atomic E-state index is 2.60. The highest BCUT2D eigenvalue weighted by atomic mass is 32.1. The van der Waals surface area contributed by atoms with Crippen molar-refractivity contribution in [2.75, 3.05) is 18.0 Å². The van der Waals surface area contributed by atoms with Crippen LogP contribution in [-0.2, 0) is 0 Å². The number of anilines is 1. The van der Waals surface area contributed by atoms with Gasteiger partial charge < -0.3 is 4.90 Å². The minimum Gasteiger partial charge on any atom is -0.372 e. The zero-order chi connectivity index (χ0) is 19.3. The van der Waals surface area contributed by atoms with Crippen LogP contribution in [-0.4, -0.2) is 13.1 Å². The van der Waals surface area contributed by atoms with Gasteiger partial charge in [0.25, 0.3) is 0 Å². The van der Waals surface area contributed by atoms with Crippen LogP contribution in [0.25, 0.3) is 12.2 Å². The summed E-state index contributed by atoms with van der Waals surface area (Å²) in [6.07, 6.45) is 15.1. The fourth-order valence-corrected chi connectivity index (χ4v) is 4.13. The largest absolute Gasteiger partial charge is 0.372 e. The van der Waals surface area contributed by atoms with Gasteiger partial charge in [0.1, 0.15) is 0 Å². The van der Waals surface area contributed by atoms with Crippen molar-refractivity contribution in [2.45, 2.75) is 72.1 Å². The third kappa shape index (κ3) is 8.34. The zero-order valence-electron chi connectivity index (χ0n) is 17.5. The molecule has 0 saturated carbocycles. The molecule has 0 N–H and O–H groups in total. The van der Waals surface area contributed by atoms with Crippen molar-refractivity contribution >= 4 is 29.2 Å². The predicted octanol–water partition coefficient (Wildman–Crippen LogP) is 8.19. The number of unbranched alkanes of at least 4 members (excludes halogenated alkanes) is 6. The van der Waals surface area contributed by atoms with Crippen LogP contribution < -0.4 is 4.90 Å². The Kier molecular flexibility index (Phi) is 10.3. The molecule has 1 heterocycles. The SMILES string of the molecule is CCCCCCN(CCCCCC)c1ccc(/C=C/c2ccc(C)s2)cc1. The quantitative estimate of drug-likeness (QED) is 0.315. The van der Waals surface area contributed by atoms with Crippen LogP contribution in [0.5, 0.6) is 0 Å². The van der Waals surface area contributed by atoms with Gasteiger partial charge in [-0.15, -0.1) is 11.3 Å². The first-order chi connectivity index (χ1) is 13.2. The van der Waals surface area contributed by atoms with E-state index in [4.69, 9.17) is 0 Å². The lowest BCUT2D eigenvalue weighted by Crippen LogP contribution is -2.25. The van der Waals surface area contributed by atoms with Crippen LogP contribution >= 0.6 is 11.3 Å². The molecule has 0 radical (unpaired) electrons. The fraction of sp³-hybridized carbons (Fsp3) is 0.520.